The van der Waals surface area contributed by atoms with Crippen molar-refractivity contribution < 1.29 is 0 Å². The van der Waals surface area contributed by atoms with E-state index in [4.69, 9.17) is 0 Å². The normalized spacial score (nSPS) is 12.6. The van der Waals surface area contributed by atoms with Gasteiger partial charge in [-0.15, -0.1) is 0 Å². The number of aromatic nitrogens is 1. The molecule has 0 bridgehead atoms. The molecule has 78 valence electrons. The Bertz CT molecular complexity index is 312. The first-order valence-electron chi connectivity index (χ1n) is 4.78. The monoisotopic (exact) mass is 256 g/mol. The second-order valence-corrected chi connectivity index (χ2v) is 4.41. The largest absolute Gasteiger partial charge is 0.356 e. The number of alkyl halides is 1. The van der Waals surface area contributed by atoms with Gasteiger partial charge in [0.05, 0.1) is 0 Å². The molecule has 3 heteroatoms. The molecule has 1 rings (SSSR count). The molecule has 0 amide bonds. The lowest BCUT2D eigenvalue weighted by atomic mass is 10.2. The van der Waals surface area contributed by atoms with Crippen molar-refractivity contribution in [2.75, 3.05) is 17.3 Å². The maximum atomic E-state index is 4.45. The molecule has 0 aliphatic carbocycles. The lowest BCUT2D eigenvalue weighted by Crippen LogP contribution is -2.31. The second kappa shape index (κ2) is 4.78. The van der Waals surface area contributed by atoms with Crippen LogP contribution in [0.1, 0.15) is 18.1 Å². The Hall–Kier alpha value is -0.570. The van der Waals surface area contributed by atoms with E-state index in [0.717, 1.165) is 11.1 Å². The van der Waals surface area contributed by atoms with Gasteiger partial charge in [0, 0.05) is 24.6 Å². The predicted octanol–water partition coefficient (Wildman–Crippen LogP) is 2.92. The number of anilines is 1. The van der Waals surface area contributed by atoms with Gasteiger partial charge in [-0.1, -0.05) is 22.0 Å². The number of hydrogen-bond acceptors (Lipinski definition) is 2. The van der Waals surface area contributed by atoms with E-state index in [0.29, 0.717) is 6.04 Å². The average molecular weight is 257 g/mol. The van der Waals surface area contributed by atoms with E-state index in [1.54, 1.807) is 0 Å². The number of hydrogen-bond donors (Lipinski definition) is 0. The van der Waals surface area contributed by atoms with Gasteiger partial charge in [0.15, 0.2) is 0 Å². The van der Waals surface area contributed by atoms with Crippen LogP contribution in [0.3, 0.4) is 0 Å². The van der Waals surface area contributed by atoms with Gasteiger partial charge in [0.25, 0.3) is 0 Å². The van der Waals surface area contributed by atoms with Crippen LogP contribution in [-0.4, -0.2) is 23.4 Å². The molecule has 0 aromatic carbocycles. The van der Waals surface area contributed by atoms with Crippen LogP contribution in [0.4, 0.5) is 5.82 Å². The molecule has 0 aliphatic heterocycles. The Morgan fingerprint density at radius 3 is 2.64 bits per heavy atom. The van der Waals surface area contributed by atoms with Crippen LogP contribution in [-0.2, 0) is 0 Å². The van der Waals surface area contributed by atoms with Crippen molar-refractivity contribution in [2.24, 2.45) is 0 Å². The standard InChI is InChI=1S/C11H17BrN2/c1-8-5-9(2)11(13-7-8)14(4)10(3)6-12/h5,7,10H,6H2,1-4H3. The van der Waals surface area contributed by atoms with Gasteiger partial charge in [0.1, 0.15) is 5.82 Å². The van der Waals surface area contributed by atoms with E-state index in [2.05, 4.69) is 59.7 Å². The van der Waals surface area contributed by atoms with E-state index in [-0.39, 0.29) is 0 Å². The minimum atomic E-state index is 0.462. The summed E-state index contributed by atoms with van der Waals surface area (Å²) in [5.74, 6) is 1.07. The summed E-state index contributed by atoms with van der Waals surface area (Å²) in [5, 5.41) is 0.957. The second-order valence-electron chi connectivity index (χ2n) is 3.77. The van der Waals surface area contributed by atoms with Crippen molar-refractivity contribution in [3.63, 3.8) is 0 Å². The molecule has 1 atom stereocenters. The Morgan fingerprint density at radius 1 is 1.50 bits per heavy atom. The third-order valence-electron chi connectivity index (χ3n) is 2.41. The SMILES string of the molecule is Cc1cnc(N(C)C(C)CBr)c(C)c1. The third kappa shape index (κ3) is 2.47. The van der Waals surface area contributed by atoms with Crippen molar-refractivity contribution in [1.29, 1.82) is 0 Å². The number of rotatable bonds is 3. The lowest BCUT2D eigenvalue weighted by Gasteiger charge is -2.25. The van der Waals surface area contributed by atoms with Crippen molar-refractivity contribution in [1.82, 2.24) is 4.98 Å². The zero-order chi connectivity index (χ0) is 10.7. The highest BCUT2D eigenvalue weighted by molar-refractivity contribution is 9.09. The molecule has 0 saturated heterocycles. The molecule has 1 heterocycles. The molecule has 0 aliphatic rings. The topological polar surface area (TPSA) is 16.1 Å². The maximum absolute atomic E-state index is 4.45. The first-order chi connectivity index (χ1) is 6.56. The highest BCUT2D eigenvalue weighted by Gasteiger charge is 2.11. The summed E-state index contributed by atoms with van der Waals surface area (Å²) >= 11 is 3.48. The summed E-state index contributed by atoms with van der Waals surface area (Å²) in [6.07, 6.45) is 1.92. The van der Waals surface area contributed by atoms with E-state index >= 15 is 0 Å². The van der Waals surface area contributed by atoms with E-state index in [9.17, 15) is 0 Å². The van der Waals surface area contributed by atoms with Gasteiger partial charge in [-0.25, -0.2) is 4.98 Å². The van der Waals surface area contributed by atoms with Crippen LogP contribution in [0.15, 0.2) is 12.3 Å². The fourth-order valence-corrected chi connectivity index (χ4v) is 1.82. The molecule has 2 nitrogen and oxygen atoms in total. The molecular formula is C11H17BrN2. The Labute approximate surface area is 94.5 Å². The fourth-order valence-electron chi connectivity index (χ4n) is 1.39. The summed E-state index contributed by atoms with van der Waals surface area (Å²) in [6, 6.07) is 2.63. The quantitative estimate of drug-likeness (QED) is 0.774. The number of nitrogens with zero attached hydrogens (tertiary/aromatic N) is 2. The van der Waals surface area contributed by atoms with Gasteiger partial charge in [-0.3, -0.25) is 0 Å². The van der Waals surface area contributed by atoms with Crippen LogP contribution in [0.2, 0.25) is 0 Å². The molecule has 0 N–H and O–H groups in total. The number of pyridine rings is 1. The van der Waals surface area contributed by atoms with E-state index in [1.807, 2.05) is 6.20 Å². The zero-order valence-corrected chi connectivity index (χ0v) is 10.8. The maximum Gasteiger partial charge on any atom is 0.131 e. The summed E-state index contributed by atoms with van der Waals surface area (Å²) in [6.45, 7) is 6.35. The third-order valence-corrected chi connectivity index (χ3v) is 3.34. The molecule has 0 spiro atoms. The van der Waals surface area contributed by atoms with Crippen molar-refractivity contribution in [2.45, 2.75) is 26.8 Å². The molecule has 14 heavy (non-hydrogen) atoms. The van der Waals surface area contributed by atoms with Crippen molar-refractivity contribution in [3.05, 3.63) is 23.4 Å². The van der Waals surface area contributed by atoms with Crippen LogP contribution in [0, 0.1) is 13.8 Å². The molecule has 0 fully saturated rings. The molecular weight excluding hydrogens is 240 g/mol. The van der Waals surface area contributed by atoms with Crippen LogP contribution >= 0.6 is 15.9 Å². The molecule has 1 unspecified atom stereocenters. The summed E-state index contributed by atoms with van der Waals surface area (Å²) < 4.78 is 0. The lowest BCUT2D eigenvalue weighted by molar-refractivity contribution is 0.753. The predicted molar refractivity (Wildman–Crippen MR) is 65.4 cm³/mol. The minimum Gasteiger partial charge on any atom is -0.356 e. The van der Waals surface area contributed by atoms with E-state index in [1.165, 1.54) is 11.1 Å². The van der Waals surface area contributed by atoms with Crippen LogP contribution in [0.5, 0.6) is 0 Å². The van der Waals surface area contributed by atoms with Gasteiger partial charge < -0.3 is 4.90 Å². The highest BCUT2D eigenvalue weighted by atomic mass is 79.9. The molecule has 0 radical (unpaired) electrons. The van der Waals surface area contributed by atoms with Gasteiger partial charge in [-0.05, 0) is 31.9 Å². The zero-order valence-electron chi connectivity index (χ0n) is 9.21. The van der Waals surface area contributed by atoms with Gasteiger partial charge in [-0.2, -0.15) is 0 Å². The smallest absolute Gasteiger partial charge is 0.131 e. The Kier molecular flexibility index (Phi) is 3.93. The van der Waals surface area contributed by atoms with E-state index < -0.39 is 0 Å². The molecule has 1 aromatic heterocycles. The van der Waals surface area contributed by atoms with Crippen molar-refractivity contribution in [3.8, 4) is 0 Å². The first-order valence-corrected chi connectivity index (χ1v) is 5.90. The minimum absolute atomic E-state index is 0.462. The average Bonchev–Trinajstić information content (AvgIpc) is 2.15. The number of halogens is 1. The Balaban J connectivity index is 2.95. The molecule has 1 aromatic rings. The first kappa shape index (κ1) is 11.5. The summed E-state index contributed by atoms with van der Waals surface area (Å²) in [4.78, 5) is 6.65. The summed E-state index contributed by atoms with van der Waals surface area (Å²) in [7, 11) is 2.08. The highest BCUT2D eigenvalue weighted by Crippen LogP contribution is 2.18. The van der Waals surface area contributed by atoms with Crippen molar-refractivity contribution >= 4 is 21.7 Å². The van der Waals surface area contributed by atoms with Crippen LogP contribution in [0.25, 0.3) is 0 Å². The van der Waals surface area contributed by atoms with Crippen LogP contribution < -0.4 is 4.90 Å². The molecule has 0 saturated carbocycles. The summed E-state index contributed by atoms with van der Waals surface area (Å²) in [5.41, 5.74) is 2.45. The Morgan fingerprint density at radius 2 is 2.14 bits per heavy atom. The fraction of sp³-hybridized carbons (Fsp3) is 0.545. The number of aryl methyl sites for hydroxylation is 2. The van der Waals surface area contributed by atoms with Gasteiger partial charge in [0.2, 0.25) is 0 Å². The van der Waals surface area contributed by atoms with Gasteiger partial charge >= 0.3 is 0 Å².